The van der Waals surface area contributed by atoms with Gasteiger partial charge >= 0.3 is 11.8 Å². The third-order valence-corrected chi connectivity index (χ3v) is 12.3. The molecular weight excluding hydrogens is 835 g/mol. The summed E-state index contributed by atoms with van der Waals surface area (Å²) in [6.07, 6.45) is 4.38. The number of esters is 1. The van der Waals surface area contributed by atoms with E-state index < -0.39 is 111 Å². The maximum absolute atomic E-state index is 15.0. The van der Waals surface area contributed by atoms with E-state index in [0.29, 0.717) is 11.4 Å². The first-order chi connectivity index (χ1) is 30.8. The minimum atomic E-state index is -2.13. The molecule has 342 valence electrons. The topological polar surface area (TPSA) is 211 Å². The Morgan fingerprint density at radius 1 is 0.846 bits per heavy atom. The molecule has 9 atom stereocenters. The second kappa shape index (κ2) is 19.6. The van der Waals surface area contributed by atoms with Crippen molar-refractivity contribution in [1.82, 2.24) is 5.32 Å². The van der Waals surface area contributed by atoms with Gasteiger partial charge < -0.3 is 39.6 Å². The SMILES string of the molecule is CO[C@H]1/C=C/O[C@@]2(C)Oc3c(C)c(O)c4c(c3C2=O)C(=O)C(/C=N/N(c2ccccc2)c2ccccc2)=C(NC(=O)/C(C)=C\C=C\[C@H](C)[C@H](O)[C@@H](C)[C@@H](O)[C@@H](C)[C@H](OC(C)=O)[C@@H]1C)C4=O. The van der Waals surface area contributed by atoms with E-state index in [9.17, 15) is 34.5 Å². The van der Waals surface area contributed by atoms with Crippen LogP contribution in [-0.4, -0.2) is 88.1 Å². The van der Waals surface area contributed by atoms with Gasteiger partial charge in [0.1, 0.15) is 23.3 Å². The Bertz CT molecular complexity index is 2470. The van der Waals surface area contributed by atoms with Crippen LogP contribution in [0.15, 0.2) is 113 Å². The lowest BCUT2D eigenvalue weighted by Gasteiger charge is -2.38. The molecule has 3 aromatic carbocycles. The number of benzene rings is 3. The fourth-order valence-electron chi connectivity index (χ4n) is 8.37. The van der Waals surface area contributed by atoms with Crippen molar-refractivity contribution in [3.05, 3.63) is 130 Å². The van der Waals surface area contributed by atoms with Crippen molar-refractivity contribution < 1.29 is 58.2 Å². The number of aliphatic hydroxyl groups excluding tert-OH is 2. The molecule has 1 aliphatic carbocycles. The molecular formula is C50H55N3O12. The van der Waals surface area contributed by atoms with Gasteiger partial charge in [0.25, 0.3) is 11.7 Å². The number of anilines is 2. The van der Waals surface area contributed by atoms with Crippen LogP contribution in [0.4, 0.5) is 11.4 Å². The number of ketones is 3. The molecule has 3 heterocycles. The van der Waals surface area contributed by atoms with Gasteiger partial charge in [0.05, 0.1) is 64.4 Å². The molecule has 4 N–H and O–H groups in total. The Kier molecular flexibility index (Phi) is 14.4. The average Bonchev–Trinajstić information content (AvgIpc) is 3.56. The smallest absolute Gasteiger partial charge is 0.312 e. The first kappa shape index (κ1) is 47.8. The maximum Gasteiger partial charge on any atom is 0.312 e. The monoisotopic (exact) mass is 889 g/mol. The fraction of sp³-hybridized carbons (Fsp3) is 0.360. The lowest BCUT2D eigenvalue weighted by Crippen LogP contribution is -2.46. The van der Waals surface area contributed by atoms with Crippen LogP contribution in [0, 0.1) is 30.6 Å². The van der Waals surface area contributed by atoms with E-state index in [1.54, 1.807) is 88.4 Å². The number of aliphatic hydroxyl groups is 2. The van der Waals surface area contributed by atoms with Crippen LogP contribution in [0.5, 0.6) is 11.5 Å². The van der Waals surface area contributed by atoms with Gasteiger partial charge in [0, 0.05) is 55.8 Å². The Morgan fingerprint density at radius 2 is 1.46 bits per heavy atom. The predicted molar refractivity (Wildman–Crippen MR) is 242 cm³/mol. The third kappa shape index (κ3) is 9.44. The van der Waals surface area contributed by atoms with E-state index in [-0.39, 0.29) is 22.4 Å². The van der Waals surface area contributed by atoms with E-state index in [4.69, 9.17) is 18.9 Å². The summed E-state index contributed by atoms with van der Waals surface area (Å²) in [5.41, 5.74) is -0.960. The third-order valence-electron chi connectivity index (χ3n) is 12.3. The van der Waals surface area contributed by atoms with Crippen LogP contribution >= 0.6 is 0 Å². The molecule has 15 heteroatoms. The number of phenols is 1. The summed E-state index contributed by atoms with van der Waals surface area (Å²) in [7, 11) is 1.42. The molecule has 65 heavy (non-hydrogen) atoms. The predicted octanol–water partition coefficient (Wildman–Crippen LogP) is 6.82. The number of rotatable bonds is 6. The van der Waals surface area contributed by atoms with E-state index in [2.05, 4.69) is 10.4 Å². The number of methoxy groups -OCH3 is 1. The number of hydrazone groups is 1. The normalized spacial score (nSPS) is 29.4. The van der Waals surface area contributed by atoms with Crippen LogP contribution < -0.4 is 15.1 Å². The summed E-state index contributed by atoms with van der Waals surface area (Å²) in [6, 6.07) is 18.0. The van der Waals surface area contributed by atoms with E-state index in [0.717, 1.165) is 12.5 Å². The first-order valence-corrected chi connectivity index (χ1v) is 21.3. The fourth-order valence-corrected chi connectivity index (χ4v) is 8.37. The van der Waals surface area contributed by atoms with Crippen LogP contribution in [0.1, 0.15) is 85.1 Å². The van der Waals surface area contributed by atoms with Gasteiger partial charge in [-0.05, 0) is 44.2 Å². The van der Waals surface area contributed by atoms with Crippen molar-refractivity contribution in [2.75, 3.05) is 12.1 Å². The van der Waals surface area contributed by atoms with Gasteiger partial charge in [-0.1, -0.05) is 82.3 Å². The molecule has 3 aromatic rings. The van der Waals surface area contributed by atoms with Crippen LogP contribution in [-0.2, 0) is 23.8 Å². The van der Waals surface area contributed by atoms with Gasteiger partial charge in [-0.15, -0.1) is 0 Å². The van der Waals surface area contributed by atoms with Crippen molar-refractivity contribution in [3.8, 4) is 11.5 Å². The quantitative estimate of drug-likeness (QED) is 0.114. The Balaban J connectivity index is 1.53. The van der Waals surface area contributed by atoms with E-state index >= 15 is 4.79 Å². The Morgan fingerprint density at radius 3 is 2.05 bits per heavy atom. The largest absolute Gasteiger partial charge is 0.507 e. The van der Waals surface area contributed by atoms with Crippen LogP contribution in [0.2, 0.25) is 0 Å². The van der Waals surface area contributed by atoms with E-state index in [1.807, 2.05) is 12.1 Å². The summed E-state index contributed by atoms with van der Waals surface area (Å²) in [5.74, 6) is -9.72. The molecule has 0 unspecified atom stereocenters. The molecule has 15 nitrogen and oxygen atoms in total. The molecule has 1 amide bonds. The number of aromatic hydroxyl groups is 1. The second-order valence-corrected chi connectivity index (χ2v) is 16.8. The van der Waals surface area contributed by atoms with Crippen molar-refractivity contribution in [1.29, 1.82) is 0 Å². The lowest BCUT2D eigenvalue weighted by atomic mass is 9.78. The number of allylic oxidation sites excluding steroid dienone is 4. The van der Waals surface area contributed by atoms with Crippen molar-refractivity contribution in [2.45, 2.75) is 85.6 Å². The standard InChI is InChI=1S/C50H55N3O12/c1-26-17-16-18-27(2)49(61)52-40-35(25-51-53(33-19-12-10-13-20-33)34-21-14-11-15-22-34)44(58)37-38(45(40)59)43(57)31(6)47-39(37)48(60)50(8,65-47)63-24-23-36(62-9)28(3)46(64-32(7)54)30(5)42(56)29(4)41(26)55/h10-26,28-30,36,41-42,46,55-57H,1-9H3,(H,52,61)/b17-16+,24-23+,27-18-,51-25+/t26-,28+,29+,30+,36-,41-,42+,46+,50-/m0/s1. The lowest BCUT2D eigenvalue weighted by molar-refractivity contribution is -0.160. The number of amides is 1. The average molecular weight is 890 g/mol. The molecule has 0 fully saturated rings. The number of nitrogens with zero attached hydrogens (tertiary/aromatic N) is 2. The zero-order valence-electron chi connectivity index (χ0n) is 37.8. The van der Waals surface area contributed by atoms with Crippen LogP contribution in [0.25, 0.3) is 0 Å². The zero-order chi connectivity index (χ0) is 47.5. The molecule has 0 saturated carbocycles. The van der Waals surface area contributed by atoms with Gasteiger partial charge in [0.15, 0.2) is 5.78 Å². The molecule has 0 spiro atoms. The summed E-state index contributed by atoms with van der Waals surface area (Å²) in [4.78, 5) is 70.6. The van der Waals surface area contributed by atoms with Crippen molar-refractivity contribution in [3.63, 3.8) is 0 Å². The molecule has 5 bridgehead atoms. The number of ether oxygens (including phenoxy) is 4. The Hall–Kier alpha value is -6.68. The number of para-hydroxylation sites is 2. The molecule has 3 aliphatic heterocycles. The van der Waals surface area contributed by atoms with Gasteiger partial charge in [-0.25, -0.2) is 5.01 Å². The summed E-state index contributed by atoms with van der Waals surface area (Å²) in [6.45, 7) is 12.3. The molecule has 4 aliphatic rings. The van der Waals surface area contributed by atoms with Gasteiger partial charge in [0.2, 0.25) is 5.78 Å². The number of hydrogen-bond acceptors (Lipinski definition) is 14. The Labute approximate surface area is 377 Å². The maximum atomic E-state index is 15.0. The van der Waals surface area contributed by atoms with Gasteiger partial charge in [-0.2, -0.15) is 5.10 Å². The minimum Gasteiger partial charge on any atom is -0.507 e. The number of hydrogen-bond donors (Lipinski definition) is 4. The minimum absolute atomic E-state index is 0.0379. The summed E-state index contributed by atoms with van der Waals surface area (Å²) >= 11 is 0. The molecule has 0 radical (unpaired) electrons. The van der Waals surface area contributed by atoms with Crippen LogP contribution in [0.3, 0.4) is 0 Å². The number of nitrogens with one attached hydrogen (secondary N) is 1. The number of carbonyl (C=O) groups is 5. The number of carbonyl (C=O) groups excluding carboxylic acids is 5. The van der Waals surface area contributed by atoms with Crippen molar-refractivity contribution in [2.24, 2.45) is 28.8 Å². The number of phenolic OH excluding ortho intramolecular Hbond substituents is 1. The highest BCUT2D eigenvalue weighted by molar-refractivity contribution is 6.38. The van der Waals surface area contributed by atoms with Gasteiger partial charge in [-0.3, -0.25) is 24.0 Å². The summed E-state index contributed by atoms with van der Waals surface area (Å²) in [5, 5.41) is 43.4. The van der Waals surface area contributed by atoms with Crippen molar-refractivity contribution >= 4 is 46.8 Å². The molecule has 7 rings (SSSR count). The number of fused-ring (bicyclic) bond motifs is 14. The first-order valence-electron chi connectivity index (χ1n) is 21.3. The highest BCUT2D eigenvalue weighted by Gasteiger charge is 2.52. The molecule has 0 aromatic heterocycles. The number of Topliss-reactive ketones (excluding diaryl/α,β-unsaturated/α-hetero) is 3. The van der Waals surface area contributed by atoms with E-state index in [1.165, 1.54) is 52.0 Å². The molecule has 0 saturated heterocycles. The summed E-state index contributed by atoms with van der Waals surface area (Å²) < 4.78 is 23.6. The highest BCUT2D eigenvalue weighted by atomic mass is 16.7. The zero-order valence-corrected chi connectivity index (χ0v) is 37.8. The second-order valence-electron chi connectivity index (χ2n) is 16.8. The highest BCUT2D eigenvalue weighted by Crippen LogP contribution is 2.48.